The molecule has 1 heterocycles. The summed E-state index contributed by atoms with van der Waals surface area (Å²) in [5.41, 5.74) is 0.953. The van der Waals surface area contributed by atoms with Crippen molar-refractivity contribution in [1.82, 2.24) is 4.98 Å². The third-order valence-corrected chi connectivity index (χ3v) is 4.03. The van der Waals surface area contributed by atoms with Gasteiger partial charge < -0.3 is 19.5 Å². The maximum atomic E-state index is 6.13. The number of hydrogen-bond donors (Lipinski definition) is 1. The summed E-state index contributed by atoms with van der Waals surface area (Å²) in [5, 5.41) is 3.92. The molecule has 0 unspecified atom stereocenters. The van der Waals surface area contributed by atoms with Crippen molar-refractivity contribution in [2.75, 3.05) is 25.6 Å². The van der Waals surface area contributed by atoms with Gasteiger partial charge >= 0.3 is 0 Å². The molecular weight excluding hydrogens is 364 g/mol. The molecule has 6 heteroatoms. The second kappa shape index (κ2) is 9.69. The van der Waals surface area contributed by atoms with E-state index in [9.17, 15) is 0 Å². The molecule has 0 spiro atoms. The molecule has 2 aromatic carbocycles. The molecule has 0 saturated carbocycles. The van der Waals surface area contributed by atoms with Crippen LogP contribution >= 0.6 is 11.6 Å². The topological polar surface area (TPSA) is 52.6 Å². The van der Waals surface area contributed by atoms with Crippen LogP contribution in [0.1, 0.15) is 5.56 Å². The summed E-state index contributed by atoms with van der Waals surface area (Å²) in [5.74, 6) is 3.06. The second-order valence-corrected chi connectivity index (χ2v) is 6.13. The average Bonchev–Trinajstić information content (AvgIpc) is 2.71. The van der Waals surface area contributed by atoms with Crippen molar-refractivity contribution in [1.29, 1.82) is 0 Å². The predicted molar refractivity (Wildman–Crippen MR) is 107 cm³/mol. The minimum absolute atomic E-state index is 0.412. The van der Waals surface area contributed by atoms with Crippen LogP contribution in [-0.2, 0) is 6.54 Å². The number of aromatic nitrogens is 1. The number of ether oxygens (including phenoxy) is 3. The minimum Gasteiger partial charge on any atom is -0.497 e. The first-order valence-electron chi connectivity index (χ1n) is 8.57. The maximum Gasteiger partial charge on any atom is 0.126 e. The Morgan fingerprint density at radius 1 is 0.926 bits per heavy atom. The first-order chi connectivity index (χ1) is 13.2. The van der Waals surface area contributed by atoms with E-state index in [1.54, 1.807) is 13.3 Å². The van der Waals surface area contributed by atoms with Crippen LogP contribution in [-0.4, -0.2) is 25.3 Å². The highest BCUT2D eigenvalue weighted by Gasteiger charge is 2.06. The number of anilines is 1. The fraction of sp³-hybridized carbons (Fsp3) is 0.190. The van der Waals surface area contributed by atoms with Crippen LogP contribution in [0.5, 0.6) is 17.2 Å². The van der Waals surface area contributed by atoms with Gasteiger partial charge in [0.15, 0.2) is 0 Å². The summed E-state index contributed by atoms with van der Waals surface area (Å²) in [7, 11) is 1.63. The molecule has 0 aliphatic rings. The number of benzene rings is 2. The van der Waals surface area contributed by atoms with E-state index in [2.05, 4.69) is 10.3 Å². The number of rotatable bonds is 9. The van der Waals surface area contributed by atoms with Crippen LogP contribution in [0.2, 0.25) is 5.02 Å². The fourth-order valence-corrected chi connectivity index (χ4v) is 2.68. The van der Waals surface area contributed by atoms with Crippen molar-refractivity contribution in [3.63, 3.8) is 0 Å². The second-order valence-electron chi connectivity index (χ2n) is 5.70. The zero-order valence-electron chi connectivity index (χ0n) is 15.0. The number of hydrogen-bond acceptors (Lipinski definition) is 5. The van der Waals surface area contributed by atoms with Crippen LogP contribution < -0.4 is 19.5 Å². The molecule has 0 amide bonds. The van der Waals surface area contributed by atoms with Gasteiger partial charge in [-0.05, 0) is 42.5 Å². The highest BCUT2D eigenvalue weighted by molar-refractivity contribution is 6.30. The lowest BCUT2D eigenvalue weighted by molar-refractivity contribution is 0.215. The van der Waals surface area contributed by atoms with Crippen LogP contribution in [0.4, 0.5) is 5.82 Å². The number of pyridine rings is 1. The molecule has 3 rings (SSSR count). The molecule has 0 bridgehead atoms. The standard InChI is InChI=1S/C21H21ClN2O3/c1-25-18-5-4-6-19(14-18)26-11-12-27-20-9-8-17(22)13-16(20)15-24-21-7-2-3-10-23-21/h2-10,13-14H,11-12,15H2,1H3,(H,23,24). The van der Waals surface area contributed by atoms with Gasteiger partial charge in [-0.2, -0.15) is 0 Å². The Kier molecular flexibility index (Phi) is 6.77. The van der Waals surface area contributed by atoms with Gasteiger partial charge in [0.25, 0.3) is 0 Å². The lowest BCUT2D eigenvalue weighted by Crippen LogP contribution is -2.11. The lowest BCUT2D eigenvalue weighted by atomic mass is 10.2. The number of nitrogens with zero attached hydrogens (tertiary/aromatic N) is 1. The molecule has 3 aromatic rings. The van der Waals surface area contributed by atoms with Gasteiger partial charge in [-0.1, -0.05) is 23.7 Å². The van der Waals surface area contributed by atoms with Crippen molar-refractivity contribution in [2.45, 2.75) is 6.54 Å². The molecular formula is C21H21ClN2O3. The molecule has 0 fully saturated rings. The lowest BCUT2D eigenvalue weighted by Gasteiger charge is -2.14. The van der Waals surface area contributed by atoms with Crippen molar-refractivity contribution >= 4 is 17.4 Å². The number of nitrogens with one attached hydrogen (secondary N) is 1. The van der Waals surface area contributed by atoms with E-state index < -0.39 is 0 Å². The normalized spacial score (nSPS) is 10.3. The van der Waals surface area contributed by atoms with E-state index in [1.165, 1.54) is 0 Å². The number of halogens is 1. The Hall–Kier alpha value is -2.92. The van der Waals surface area contributed by atoms with Gasteiger partial charge in [0.05, 0.1) is 7.11 Å². The molecule has 0 atom stereocenters. The van der Waals surface area contributed by atoms with E-state index in [4.69, 9.17) is 25.8 Å². The van der Waals surface area contributed by atoms with Crippen molar-refractivity contribution < 1.29 is 14.2 Å². The molecule has 0 radical (unpaired) electrons. The first kappa shape index (κ1) is 18.9. The van der Waals surface area contributed by atoms with Gasteiger partial charge in [0, 0.05) is 29.4 Å². The molecule has 1 N–H and O–H groups in total. The smallest absolute Gasteiger partial charge is 0.126 e. The average molecular weight is 385 g/mol. The van der Waals surface area contributed by atoms with Gasteiger partial charge in [0.2, 0.25) is 0 Å². The van der Waals surface area contributed by atoms with E-state index in [0.29, 0.717) is 24.8 Å². The van der Waals surface area contributed by atoms with Crippen molar-refractivity contribution in [3.05, 3.63) is 77.4 Å². The quantitative estimate of drug-likeness (QED) is 0.536. The van der Waals surface area contributed by atoms with Gasteiger partial charge in [-0.3, -0.25) is 0 Å². The number of methoxy groups -OCH3 is 1. The molecule has 0 saturated heterocycles. The van der Waals surface area contributed by atoms with Crippen molar-refractivity contribution in [3.8, 4) is 17.2 Å². The van der Waals surface area contributed by atoms with E-state index in [1.807, 2.05) is 60.7 Å². The third kappa shape index (κ3) is 5.79. The Morgan fingerprint density at radius 2 is 1.78 bits per heavy atom. The van der Waals surface area contributed by atoms with E-state index >= 15 is 0 Å². The van der Waals surface area contributed by atoms with Crippen LogP contribution in [0.25, 0.3) is 0 Å². The van der Waals surface area contributed by atoms with Crippen LogP contribution in [0.15, 0.2) is 66.9 Å². The SMILES string of the molecule is COc1cccc(OCCOc2ccc(Cl)cc2CNc2ccccn2)c1. The fourth-order valence-electron chi connectivity index (χ4n) is 2.48. The van der Waals surface area contributed by atoms with Gasteiger partial charge in [-0.15, -0.1) is 0 Å². The molecule has 0 aliphatic carbocycles. The third-order valence-electron chi connectivity index (χ3n) is 3.80. The monoisotopic (exact) mass is 384 g/mol. The van der Waals surface area contributed by atoms with E-state index in [-0.39, 0.29) is 0 Å². The highest BCUT2D eigenvalue weighted by atomic mass is 35.5. The first-order valence-corrected chi connectivity index (χ1v) is 8.95. The van der Waals surface area contributed by atoms with Crippen molar-refractivity contribution in [2.24, 2.45) is 0 Å². The molecule has 27 heavy (non-hydrogen) atoms. The molecule has 1 aromatic heterocycles. The van der Waals surface area contributed by atoms with Crippen LogP contribution in [0.3, 0.4) is 0 Å². The summed E-state index contributed by atoms with van der Waals surface area (Å²) in [6.07, 6.45) is 1.74. The Bertz CT molecular complexity index is 859. The molecule has 5 nitrogen and oxygen atoms in total. The summed E-state index contributed by atoms with van der Waals surface area (Å²) < 4.78 is 16.8. The highest BCUT2D eigenvalue weighted by Crippen LogP contribution is 2.24. The van der Waals surface area contributed by atoms with Gasteiger partial charge in [-0.25, -0.2) is 4.98 Å². The summed E-state index contributed by atoms with van der Waals surface area (Å²) >= 11 is 6.13. The Labute approximate surface area is 163 Å². The maximum absolute atomic E-state index is 6.13. The zero-order chi connectivity index (χ0) is 18.9. The summed E-state index contributed by atoms with van der Waals surface area (Å²) in [4.78, 5) is 4.25. The Balaban J connectivity index is 1.54. The predicted octanol–water partition coefficient (Wildman–Crippen LogP) is 4.81. The van der Waals surface area contributed by atoms with Gasteiger partial charge in [0.1, 0.15) is 36.3 Å². The summed E-state index contributed by atoms with van der Waals surface area (Å²) in [6, 6.07) is 18.8. The molecule has 0 aliphatic heterocycles. The molecule has 140 valence electrons. The summed E-state index contributed by atoms with van der Waals surface area (Å²) in [6.45, 7) is 1.39. The minimum atomic E-state index is 0.412. The van der Waals surface area contributed by atoms with E-state index in [0.717, 1.165) is 28.6 Å². The Morgan fingerprint density at radius 3 is 2.59 bits per heavy atom. The zero-order valence-corrected chi connectivity index (χ0v) is 15.8. The largest absolute Gasteiger partial charge is 0.497 e. The van der Waals surface area contributed by atoms with Crippen LogP contribution in [0, 0.1) is 0 Å².